The number of amides is 1. The van der Waals surface area contributed by atoms with Crippen LogP contribution in [0.4, 0.5) is 15.8 Å². The van der Waals surface area contributed by atoms with Gasteiger partial charge in [-0.1, -0.05) is 30.3 Å². The lowest BCUT2D eigenvalue weighted by molar-refractivity contribution is -0.385. The molecule has 212 valence electrons. The molecule has 4 aromatic carbocycles. The van der Waals surface area contributed by atoms with Gasteiger partial charge in [0.15, 0.2) is 18.1 Å². The zero-order valence-corrected chi connectivity index (χ0v) is 22.1. The van der Waals surface area contributed by atoms with Gasteiger partial charge in [-0.2, -0.15) is 9.78 Å². The van der Waals surface area contributed by atoms with Crippen LogP contribution in [0.25, 0.3) is 33.5 Å². The molecule has 0 radical (unpaired) electrons. The maximum Gasteiger partial charge on any atom is 0.311 e. The van der Waals surface area contributed by atoms with E-state index in [1.165, 1.54) is 48.7 Å². The van der Waals surface area contributed by atoms with Crippen molar-refractivity contribution >= 4 is 45.4 Å². The van der Waals surface area contributed by atoms with E-state index >= 15 is 0 Å². The lowest BCUT2D eigenvalue weighted by Gasteiger charge is -2.09. The predicted octanol–water partition coefficient (Wildman–Crippen LogP) is 5.76. The Kier molecular flexibility index (Phi) is 7.15. The Balaban J connectivity index is 1.30. The van der Waals surface area contributed by atoms with Crippen molar-refractivity contribution in [1.29, 1.82) is 0 Å². The molecule has 6 rings (SSSR count). The Hall–Kier alpha value is -6.17. The van der Waals surface area contributed by atoms with Gasteiger partial charge in [-0.05, 0) is 60.7 Å². The van der Waals surface area contributed by atoms with Gasteiger partial charge in [0.25, 0.3) is 11.5 Å². The number of furan rings is 1. The van der Waals surface area contributed by atoms with Gasteiger partial charge in [0.2, 0.25) is 5.82 Å². The van der Waals surface area contributed by atoms with E-state index in [4.69, 9.17) is 9.15 Å². The number of hydrogen-bond acceptors (Lipinski definition) is 8. The molecule has 0 aliphatic heterocycles. The fourth-order valence-corrected chi connectivity index (χ4v) is 4.36. The Bertz CT molecular complexity index is 2070. The normalized spacial score (nSPS) is 11.3. The van der Waals surface area contributed by atoms with Crippen LogP contribution in [0.15, 0.2) is 111 Å². The minimum Gasteiger partial charge on any atom is -0.477 e. The van der Waals surface area contributed by atoms with Crippen LogP contribution >= 0.6 is 0 Å². The topological polar surface area (TPSA) is 142 Å². The highest BCUT2D eigenvalue weighted by Gasteiger charge is 2.19. The SMILES string of the molecule is O=C(COc1ccc(C=Nn2c(-c3cc4ccccc4o3)nc3ccccc3c2=O)cc1[N+](=O)[O-])Nc1ccc(F)cc1. The van der Waals surface area contributed by atoms with Crippen molar-refractivity contribution in [3.8, 4) is 17.3 Å². The van der Waals surface area contributed by atoms with E-state index in [1.807, 2.05) is 18.2 Å². The Labute approximate surface area is 241 Å². The number of carbonyl (C=O) groups excluding carboxylic acids is 1. The van der Waals surface area contributed by atoms with Crippen molar-refractivity contribution < 1.29 is 23.3 Å². The number of halogens is 1. The molecule has 0 aliphatic carbocycles. The molecule has 2 aromatic heterocycles. The number of rotatable bonds is 8. The van der Waals surface area contributed by atoms with Crippen molar-refractivity contribution in [2.75, 3.05) is 11.9 Å². The summed E-state index contributed by atoms with van der Waals surface area (Å²) < 4.78 is 25.5. The molecule has 43 heavy (non-hydrogen) atoms. The Morgan fingerprint density at radius 1 is 1.05 bits per heavy atom. The fraction of sp³-hybridized carbons (Fsp3) is 0.0323. The van der Waals surface area contributed by atoms with Crippen LogP contribution in [0.5, 0.6) is 5.75 Å². The summed E-state index contributed by atoms with van der Waals surface area (Å²) in [6, 6.07) is 25.0. The van der Waals surface area contributed by atoms with Gasteiger partial charge in [0.05, 0.1) is 22.0 Å². The minimum absolute atomic E-state index is 0.149. The number of hydrogen-bond donors (Lipinski definition) is 1. The summed E-state index contributed by atoms with van der Waals surface area (Å²) >= 11 is 0. The van der Waals surface area contributed by atoms with Gasteiger partial charge in [-0.15, -0.1) is 0 Å². The molecule has 1 N–H and O–H groups in total. The number of nitrogens with one attached hydrogen (secondary N) is 1. The zero-order valence-electron chi connectivity index (χ0n) is 22.1. The van der Waals surface area contributed by atoms with Crippen LogP contribution in [0, 0.1) is 15.9 Å². The highest BCUT2D eigenvalue weighted by Crippen LogP contribution is 2.29. The van der Waals surface area contributed by atoms with E-state index in [0.29, 0.717) is 27.9 Å². The van der Waals surface area contributed by atoms with E-state index < -0.39 is 34.5 Å². The van der Waals surface area contributed by atoms with Crippen molar-refractivity contribution in [3.63, 3.8) is 0 Å². The summed E-state index contributed by atoms with van der Waals surface area (Å²) in [5, 5.41) is 19.8. The second-order valence-corrected chi connectivity index (χ2v) is 9.29. The predicted molar refractivity (Wildman–Crippen MR) is 158 cm³/mol. The molecule has 0 spiro atoms. The zero-order chi connectivity index (χ0) is 29.9. The average Bonchev–Trinajstić information content (AvgIpc) is 3.45. The number of nitrogens with zero attached hydrogens (tertiary/aromatic N) is 4. The van der Waals surface area contributed by atoms with Crippen LogP contribution in [-0.2, 0) is 4.79 Å². The second-order valence-electron chi connectivity index (χ2n) is 9.29. The molecule has 0 saturated carbocycles. The molecule has 0 bridgehead atoms. The standard InChI is InChI=1S/C31H20FN5O6/c32-21-10-12-22(13-11-21)34-29(38)18-42-27-14-9-19(15-25(27)37(40)41)17-33-36-30(28-16-20-5-1-4-8-26(20)43-28)35-24-7-3-2-6-23(24)31(36)39/h1-17H,18H2,(H,34,38). The number of nitro benzene ring substituents is 1. The van der Waals surface area contributed by atoms with Crippen LogP contribution < -0.4 is 15.6 Å². The molecule has 0 fully saturated rings. The third kappa shape index (κ3) is 5.70. The summed E-state index contributed by atoms with van der Waals surface area (Å²) in [5.41, 5.74) is 0.809. The summed E-state index contributed by atoms with van der Waals surface area (Å²) in [5.74, 6) is -0.731. The lowest BCUT2D eigenvalue weighted by Crippen LogP contribution is -2.20. The van der Waals surface area contributed by atoms with Crippen molar-refractivity contribution in [3.05, 3.63) is 129 Å². The maximum atomic E-state index is 13.5. The van der Waals surface area contributed by atoms with Crippen molar-refractivity contribution in [2.45, 2.75) is 0 Å². The van der Waals surface area contributed by atoms with E-state index in [1.54, 1.807) is 36.4 Å². The third-order valence-electron chi connectivity index (χ3n) is 6.39. The second kappa shape index (κ2) is 11.4. The number of para-hydroxylation sites is 2. The minimum atomic E-state index is -0.659. The first kappa shape index (κ1) is 27.0. The number of anilines is 1. The molecule has 6 aromatic rings. The van der Waals surface area contributed by atoms with Crippen LogP contribution in [0.2, 0.25) is 0 Å². The number of carbonyl (C=O) groups is 1. The highest BCUT2D eigenvalue weighted by atomic mass is 19.1. The molecule has 0 atom stereocenters. The van der Waals surface area contributed by atoms with Crippen molar-refractivity contribution in [1.82, 2.24) is 9.66 Å². The van der Waals surface area contributed by atoms with Gasteiger partial charge < -0.3 is 14.5 Å². The molecular formula is C31H20FN5O6. The molecule has 0 aliphatic rings. The third-order valence-corrected chi connectivity index (χ3v) is 6.39. The molecule has 11 nitrogen and oxygen atoms in total. The Morgan fingerprint density at radius 2 is 1.81 bits per heavy atom. The van der Waals surface area contributed by atoms with Crippen LogP contribution in [-0.4, -0.2) is 33.3 Å². The number of aromatic nitrogens is 2. The molecular weight excluding hydrogens is 557 g/mol. The molecule has 12 heteroatoms. The molecule has 0 unspecified atom stereocenters. The first-order chi connectivity index (χ1) is 20.9. The fourth-order valence-electron chi connectivity index (χ4n) is 4.36. The van der Waals surface area contributed by atoms with Crippen LogP contribution in [0.1, 0.15) is 5.56 Å². The smallest absolute Gasteiger partial charge is 0.311 e. The number of nitro groups is 1. The summed E-state index contributed by atoms with van der Waals surface area (Å²) in [4.78, 5) is 41.5. The quantitative estimate of drug-likeness (QED) is 0.138. The maximum absolute atomic E-state index is 13.5. The van der Waals surface area contributed by atoms with E-state index in [0.717, 1.165) is 10.1 Å². The lowest BCUT2D eigenvalue weighted by atomic mass is 10.2. The summed E-state index contributed by atoms with van der Waals surface area (Å²) in [6.07, 6.45) is 1.28. The van der Waals surface area contributed by atoms with E-state index in [2.05, 4.69) is 15.4 Å². The average molecular weight is 578 g/mol. The van der Waals surface area contributed by atoms with E-state index in [9.17, 15) is 24.1 Å². The van der Waals surface area contributed by atoms with E-state index in [-0.39, 0.29) is 17.1 Å². The van der Waals surface area contributed by atoms with Gasteiger partial charge in [-0.3, -0.25) is 19.7 Å². The van der Waals surface area contributed by atoms with Crippen LogP contribution in [0.3, 0.4) is 0 Å². The Morgan fingerprint density at radius 3 is 2.60 bits per heavy atom. The highest BCUT2D eigenvalue weighted by molar-refractivity contribution is 5.92. The summed E-state index contributed by atoms with van der Waals surface area (Å²) in [6.45, 7) is -0.523. The van der Waals surface area contributed by atoms with Gasteiger partial charge in [0.1, 0.15) is 11.4 Å². The monoisotopic (exact) mass is 577 g/mol. The van der Waals surface area contributed by atoms with Gasteiger partial charge in [0, 0.05) is 22.7 Å². The molecule has 1 amide bonds. The first-order valence-corrected chi connectivity index (χ1v) is 12.9. The largest absolute Gasteiger partial charge is 0.477 e. The first-order valence-electron chi connectivity index (χ1n) is 12.9. The molecule has 0 saturated heterocycles. The number of ether oxygens (including phenoxy) is 1. The number of fused-ring (bicyclic) bond motifs is 2. The number of benzene rings is 4. The van der Waals surface area contributed by atoms with Gasteiger partial charge in [-0.25, -0.2) is 9.37 Å². The molecule has 2 heterocycles. The van der Waals surface area contributed by atoms with Crippen molar-refractivity contribution in [2.24, 2.45) is 5.10 Å². The van der Waals surface area contributed by atoms with Gasteiger partial charge >= 0.3 is 5.69 Å². The summed E-state index contributed by atoms with van der Waals surface area (Å²) in [7, 11) is 0.